The Kier molecular flexibility index (Phi) is 4.21. The highest BCUT2D eigenvalue weighted by Gasteiger charge is 2.53. The van der Waals surface area contributed by atoms with Crippen LogP contribution in [0, 0.1) is 0 Å². The lowest BCUT2D eigenvalue weighted by atomic mass is 9.95. The van der Waals surface area contributed by atoms with E-state index < -0.39 is 17.5 Å². The molecular weight excluding hydrogens is 402 g/mol. The number of ether oxygens (including phenoxy) is 1. The lowest BCUT2D eigenvalue weighted by Gasteiger charge is -2.28. The number of methoxy groups -OCH3 is 1. The van der Waals surface area contributed by atoms with Gasteiger partial charge in [0.1, 0.15) is 11.4 Å². The lowest BCUT2D eigenvalue weighted by molar-refractivity contribution is -0.125. The van der Waals surface area contributed by atoms with E-state index in [2.05, 4.69) is 20.8 Å². The van der Waals surface area contributed by atoms with Gasteiger partial charge in [-0.2, -0.15) is 0 Å². The summed E-state index contributed by atoms with van der Waals surface area (Å²) in [6.07, 6.45) is 1.61. The van der Waals surface area contributed by atoms with Crippen molar-refractivity contribution >= 4 is 17.8 Å². The molecule has 2 N–H and O–H groups in total. The summed E-state index contributed by atoms with van der Waals surface area (Å²) in [7, 11) is 1.52. The summed E-state index contributed by atoms with van der Waals surface area (Å²) in [4.78, 5) is 43.6. The number of pyridine rings is 1. The maximum atomic E-state index is 13.0. The summed E-state index contributed by atoms with van der Waals surface area (Å²) in [5.41, 5.74) is 0.640. The SMILES string of the molecule is COc1ccc2c(c1)C(=O)N(C[C@@]1(c3cc(-c4ccccn4)no3)NC(=O)NC1=O)C2. The smallest absolute Gasteiger partial charge is 0.322 e. The Morgan fingerprint density at radius 2 is 2.03 bits per heavy atom. The highest BCUT2D eigenvalue weighted by atomic mass is 16.5. The second-order valence-corrected chi connectivity index (χ2v) is 7.29. The summed E-state index contributed by atoms with van der Waals surface area (Å²) in [6, 6.07) is 11.4. The summed E-state index contributed by atoms with van der Waals surface area (Å²) in [6.45, 7) is 0.154. The maximum Gasteiger partial charge on any atom is 0.322 e. The van der Waals surface area contributed by atoms with Crippen LogP contribution >= 0.6 is 0 Å². The molecule has 2 aliphatic heterocycles. The Labute approximate surface area is 176 Å². The number of carbonyl (C=O) groups excluding carboxylic acids is 3. The van der Waals surface area contributed by atoms with Crippen molar-refractivity contribution in [2.75, 3.05) is 13.7 Å². The first-order valence-electron chi connectivity index (χ1n) is 9.48. The molecule has 4 heterocycles. The number of hydrogen-bond acceptors (Lipinski definition) is 7. The van der Waals surface area contributed by atoms with Crippen LogP contribution < -0.4 is 15.4 Å². The molecule has 0 bridgehead atoms. The Balaban J connectivity index is 1.50. The number of carbonyl (C=O) groups is 3. The molecule has 10 nitrogen and oxygen atoms in total. The van der Waals surface area contributed by atoms with Gasteiger partial charge >= 0.3 is 6.03 Å². The van der Waals surface area contributed by atoms with E-state index in [0.29, 0.717) is 22.7 Å². The van der Waals surface area contributed by atoms with Gasteiger partial charge in [0.05, 0.1) is 19.3 Å². The molecule has 0 saturated carbocycles. The molecule has 0 spiro atoms. The van der Waals surface area contributed by atoms with Gasteiger partial charge in [-0.05, 0) is 29.8 Å². The predicted octanol–water partition coefficient (Wildman–Crippen LogP) is 1.44. The molecule has 0 radical (unpaired) electrons. The van der Waals surface area contributed by atoms with Crippen LogP contribution in [-0.2, 0) is 16.9 Å². The minimum absolute atomic E-state index is 0.109. The quantitative estimate of drug-likeness (QED) is 0.599. The van der Waals surface area contributed by atoms with E-state index >= 15 is 0 Å². The van der Waals surface area contributed by atoms with Crippen LogP contribution in [0.1, 0.15) is 21.7 Å². The van der Waals surface area contributed by atoms with Gasteiger partial charge in [-0.15, -0.1) is 0 Å². The number of benzene rings is 1. The number of nitrogens with zero attached hydrogens (tertiary/aromatic N) is 3. The van der Waals surface area contributed by atoms with Crippen LogP contribution in [0.25, 0.3) is 11.4 Å². The fraction of sp³-hybridized carbons (Fsp3) is 0.190. The van der Waals surface area contributed by atoms with Crippen LogP contribution in [0.4, 0.5) is 4.79 Å². The van der Waals surface area contributed by atoms with Crippen molar-refractivity contribution in [3.8, 4) is 17.1 Å². The largest absolute Gasteiger partial charge is 0.497 e. The molecule has 0 unspecified atom stereocenters. The monoisotopic (exact) mass is 419 g/mol. The Morgan fingerprint density at radius 3 is 2.74 bits per heavy atom. The molecule has 31 heavy (non-hydrogen) atoms. The third-order valence-electron chi connectivity index (χ3n) is 5.42. The number of nitrogens with one attached hydrogen (secondary N) is 2. The fourth-order valence-electron chi connectivity index (χ4n) is 3.85. The maximum absolute atomic E-state index is 13.0. The van der Waals surface area contributed by atoms with E-state index in [9.17, 15) is 14.4 Å². The first-order chi connectivity index (χ1) is 15.0. The second kappa shape index (κ2) is 6.94. The Hall–Kier alpha value is -4.21. The van der Waals surface area contributed by atoms with E-state index in [4.69, 9.17) is 9.26 Å². The molecule has 10 heteroatoms. The molecule has 156 valence electrons. The average molecular weight is 419 g/mol. The minimum Gasteiger partial charge on any atom is -0.497 e. The number of aromatic nitrogens is 2. The van der Waals surface area contributed by atoms with Crippen molar-refractivity contribution in [3.63, 3.8) is 0 Å². The number of amides is 4. The number of rotatable bonds is 5. The van der Waals surface area contributed by atoms with Gasteiger partial charge in [-0.3, -0.25) is 19.9 Å². The first-order valence-corrected chi connectivity index (χ1v) is 9.48. The highest BCUT2D eigenvalue weighted by Crippen LogP contribution is 2.33. The summed E-state index contributed by atoms with van der Waals surface area (Å²) in [5.74, 6) is -0.224. The lowest BCUT2D eigenvalue weighted by Crippen LogP contribution is -2.52. The Bertz CT molecular complexity index is 1210. The molecule has 0 aliphatic carbocycles. The molecule has 2 aromatic heterocycles. The number of urea groups is 1. The van der Waals surface area contributed by atoms with Crippen LogP contribution in [-0.4, -0.2) is 46.5 Å². The van der Waals surface area contributed by atoms with Gasteiger partial charge in [0.2, 0.25) is 0 Å². The molecule has 1 saturated heterocycles. The zero-order valence-electron chi connectivity index (χ0n) is 16.4. The van der Waals surface area contributed by atoms with Crippen molar-refractivity contribution < 1.29 is 23.6 Å². The van der Waals surface area contributed by atoms with Crippen LogP contribution in [0.15, 0.2) is 53.2 Å². The molecule has 2 aliphatic rings. The number of fused-ring (bicyclic) bond motifs is 1. The number of imide groups is 1. The fourth-order valence-corrected chi connectivity index (χ4v) is 3.85. The zero-order valence-corrected chi connectivity index (χ0v) is 16.4. The van der Waals surface area contributed by atoms with E-state index in [0.717, 1.165) is 5.56 Å². The van der Waals surface area contributed by atoms with Crippen molar-refractivity contribution in [2.45, 2.75) is 12.1 Å². The van der Waals surface area contributed by atoms with Crippen molar-refractivity contribution in [3.05, 3.63) is 65.5 Å². The Morgan fingerprint density at radius 1 is 1.16 bits per heavy atom. The molecule has 1 atom stereocenters. The van der Waals surface area contributed by atoms with Crippen molar-refractivity contribution in [1.29, 1.82) is 0 Å². The van der Waals surface area contributed by atoms with Gasteiger partial charge in [0, 0.05) is 24.4 Å². The number of hydrogen-bond donors (Lipinski definition) is 2. The highest BCUT2D eigenvalue weighted by molar-refractivity contribution is 6.08. The van der Waals surface area contributed by atoms with E-state index in [1.807, 2.05) is 0 Å². The normalized spacial score (nSPS) is 19.9. The summed E-state index contributed by atoms with van der Waals surface area (Å²) in [5, 5.41) is 8.86. The zero-order chi connectivity index (χ0) is 21.6. The van der Waals surface area contributed by atoms with Gasteiger partial charge in [-0.1, -0.05) is 17.3 Å². The average Bonchev–Trinajstić information content (AvgIpc) is 3.46. The van der Waals surface area contributed by atoms with Crippen molar-refractivity contribution in [2.24, 2.45) is 0 Å². The molecule has 1 aromatic carbocycles. The molecule has 5 rings (SSSR count). The molecule has 3 aromatic rings. The van der Waals surface area contributed by atoms with Gasteiger partial charge in [0.25, 0.3) is 11.8 Å². The van der Waals surface area contributed by atoms with Gasteiger partial charge in [-0.25, -0.2) is 4.79 Å². The molecule has 4 amide bonds. The standard InChI is InChI=1S/C21H17N5O5/c1-30-13-6-5-12-10-26(18(27)14(12)8-13)11-21(19(28)23-20(29)24-21)17-9-16(25-31-17)15-4-2-3-7-22-15/h2-9H,10-11H2,1H3,(H2,23,24,28,29)/t21-/m0/s1. The van der Waals surface area contributed by atoms with E-state index in [1.165, 1.54) is 12.0 Å². The first kappa shape index (κ1) is 18.8. The van der Waals surface area contributed by atoms with Crippen molar-refractivity contribution in [1.82, 2.24) is 25.7 Å². The minimum atomic E-state index is -1.61. The third-order valence-corrected chi connectivity index (χ3v) is 5.42. The molecule has 1 fully saturated rings. The predicted molar refractivity (Wildman–Crippen MR) is 106 cm³/mol. The van der Waals surface area contributed by atoms with Crippen LogP contribution in [0.5, 0.6) is 5.75 Å². The van der Waals surface area contributed by atoms with E-state index in [-0.39, 0.29) is 24.8 Å². The second-order valence-electron chi connectivity index (χ2n) is 7.29. The molecular formula is C21H17N5O5. The topological polar surface area (TPSA) is 127 Å². The van der Waals surface area contributed by atoms with Crippen LogP contribution in [0.3, 0.4) is 0 Å². The van der Waals surface area contributed by atoms with E-state index in [1.54, 1.807) is 48.7 Å². The van der Waals surface area contributed by atoms with Gasteiger partial charge in [0.15, 0.2) is 11.3 Å². The summed E-state index contributed by atoms with van der Waals surface area (Å²) < 4.78 is 10.7. The summed E-state index contributed by atoms with van der Waals surface area (Å²) >= 11 is 0. The van der Waals surface area contributed by atoms with Crippen LogP contribution in [0.2, 0.25) is 0 Å². The third kappa shape index (κ3) is 3.00. The van der Waals surface area contributed by atoms with Gasteiger partial charge < -0.3 is 19.5 Å².